The second kappa shape index (κ2) is 9.11. The number of pyridine rings is 1. The van der Waals surface area contributed by atoms with Gasteiger partial charge in [-0.2, -0.15) is 0 Å². The van der Waals surface area contributed by atoms with Crippen molar-refractivity contribution < 1.29 is 9.53 Å². The predicted octanol–water partition coefficient (Wildman–Crippen LogP) is 5.23. The van der Waals surface area contributed by atoms with Gasteiger partial charge in [0.25, 0.3) is 5.91 Å². The first-order valence-corrected chi connectivity index (χ1v) is 10.2. The number of nitrogens with zero attached hydrogens (tertiary/aromatic N) is 1. The summed E-state index contributed by atoms with van der Waals surface area (Å²) >= 11 is 11.2. The number of thiocarbonyl (C=S) groups is 1. The highest BCUT2D eigenvalue weighted by Crippen LogP contribution is 2.24. The van der Waals surface area contributed by atoms with E-state index in [2.05, 4.69) is 20.9 Å². The summed E-state index contributed by atoms with van der Waals surface area (Å²) in [6.07, 6.45) is 3.62. The Kier molecular flexibility index (Phi) is 6.11. The molecule has 1 aromatic heterocycles. The molecule has 1 amide bonds. The van der Waals surface area contributed by atoms with Gasteiger partial charge in [-0.1, -0.05) is 11.6 Å². The van der Waals surface area contributed by atoms with Gasteiger partial charge in [0.15, 0.2) is 5.11 Å². The summed E-state index contributed by atoms with van der Waals surface area (Å²) in [5, 5.41) is 10.3. The summed E-state index contributed by atoms with van der Waals surface area (Å²) in [4.78, 5) is 16.2. The zero-order chi connectivity index (χ0) is 20.9. The van der Waals surface area contributed by atoms with Crippen LogP contribution in [0.25, 0.3) is 0 Å². The van der Waals surface area contributed by atoms with Gasteiger partial charge in [-0.25, -0.2) is 0 Å². The first-order chi connectivity index (χ1) is 14.5. The zero-order valence-electron chi connectivity index (χ0n) is 15.9. The summed E-state index contributed by atoms with van der Waals surface area (Å²) in [6.45, 7) is 0. The van der Waals surface area contributed by atoms with E-state index in [1.165, 1.54) is 0 Å². The molecule has 1 aliphatic rings. The fourth-order valence-electron chi connectivity index (χ4n) is 2.65. The van der Waals surface area contributed by atoms with Crippen molar-refractivity contribution in [3.05, 3.63) is 77.6 Å². The zero-order valence-corrected chi connectivity index (χ0v) is 17.5. The molecule has 0 aliphatic heterocycles. The number of nitrogens with one attached hydrogen (secondary N) is 3. The fourth-order valence-corrected chi connectivity index (χ4v) is 3.02. The van der Waals surface area contributed by atoms with Gasteiger partial charge in [-0.3, -0.25) is 9.78 Å². The first kappa shape index (κ1) is 20.1. The number of rotatable bonds is 6. The smallest absolute Gasteiger partial charge is 0.270 e. The van der Waals surface area contributed by atoms with Gasteiger partial charge >= 0.3 is 0 Å². The van der Waals surface area contributed by atoms with Crippen LogP contribution in [0.4, 0.5) is 11.4 Å². The number of hydrogen-bond acceptors (Lipinski definition) is 4. The van der Waals surface area contributed by atoms with Crippen molar-refractivity contribution in [2.45, 2.75) is 18.9 Å². The summed E-state index contributed by atoms with van der Waals surface area (Å²) in [5.41, 5.74) is 2.00. The van der Waals surface area contributed by atoms with E-state index in [4.69, 9.17) is 28.6 Å². The van der Waals surface area contributed by atoms with Crippen molar-refractivity contribution in [2.24, 2.45) is 0 Å². The number of amides is 1. The molecule has 0 saturated heterocycles. The van der Waals surface area contributed by atoms with E-state index < -0.39 is 0 Å². The molecule has 0 unspecified atom stereocenters. The average Bonchev–Trinajstić information content (AvgIpc) is 3.55. The molecule has 8 heteroatoms. The van der Waals surface area contributed by atoms with Gasteiger partial charge in [-0.15, -0.1) is 0 Å². The topological polar surface area (TPSA) is 75.3 Å². The lowest BCUT2D eigenvalue weighted by Gasteiger charge is -2.12. The van der Waals surface area contributed by atoms with Crippen LogP contribution in [0, 0.1) is 0 Å². The van der Waals surface area contributed by atoms with Crippen molar-refractivity contribution in [3.8, 4) is 11.5 Å². The molecule has 0 bridgehead atoms. The highest BCUT2D eigenvalue weighted by Gasteiger charge is 2.24. The number of carbonyl (C=O) groups excluding carboxylic acids is 1. The minimum atomic E-state index is -0.177. The van der Waals surface area contributed by atoms with Gasteiger partial charge < -0.3 is 20.7 Å². The maximum Gasteiger partial charge on any atom is 0.270 e. The molecule has 2 aromatic carbocycles. The summed E-state index contributed by atoms with van der Waals surface area (Å²) in [6, 6.07) is 18.2. The molecule has 6 nitrogen and oxygen atoms in total. The second-order valence-corrected chi connectivity index (χ2v) is 7.68. The SMILES string of the molecule is O=C(NC1CC1)c1cc(Oc2ccc(NC(=S)Nc3ccc(Cl)cc3)cc2)ccn1. The number of benzene rings is 2. The van der Waals surface area contributed by atoms with Gasteiger partial charge in [0.05, 0.1) is 0 Å². The standard InChI is InChI=1S/C22H19ClN4O2S/c23-14-1-3-16(4-2-14)26-22(30)27-17-7-9-18(10-8-17)29-19-11-12-24-20(13-19)21(28)25-15-5-6-15/h1-4,7-13,15H,5-6H2,(H,25,28)(H2,26,27,30). The van der Waals surface area contributed by atoms with Crippen molar-refractivity contribution >= 4 is 46.2 Å². The van der Waals surface area contributed by atoms with E-state index in [9.17, 15) is 4.79 Å². The van der Waals surface area contributed by atoms with Gasteiger partial charge in [0, 0.05) is 34.7 Å². The largest absolute Gasteiger partial charge is 0.457 e. The monoisotopic (exact) mass is 438 g/mol. The molecule has 0 spiro atoms. The van der Waals surface area contributed by atoms with E-state index >= 15 is 0 Å². The normalized spacial score (nSPS) is 12.7. The Morgan fingerprint density at radius 2 is 1.60 bits per heavy atom. The van der Waals surface area contributed by atoms with E-state index in [1.807, 2.05) is 36.4 Å². The number of halogens is 1. The van der Waals surface area contributed by atoms with E-state index in [0.717, 1.165) is 24.2 Å². The summed E-state index contributed by atoms with van der Waals surface area (Å²) in [7, 11) is 0. The minimum absolute atomic E-state index is 0.177. The summed E-state index contributed by atoms with van der Waals surface area (Å²) in [5.74, 6) is 1.01. The van der Waals surface area contributed by atoms with Crippen LogP contribution in [-0.4, -0.2) is 22.0 Å². The first-order valence-electron chi connectivity index (χ1n) is 9.43. The van der Waals surface area contributed by atoms with E-state index in [-0.39, 0.29) is 11.9 Å². The van der Waals surface area contributed by atoms with E-state index in [1.54, 1.807) is 30.5 Å². The molecule has 3 aromatic rings. The molecular formula is C22H19ClN4O2S. The van der Waals surface area contributed by atoms with Crippen molar-refractivity contribution in [3.63, 3.8) is 0 Å². The van der Waals surface area contributed by atoms with Crippen LogP contribution in [0.1, 0.15) is 23.3 Å². The minimum Gasteiger partial charge on any atom is -0.457 e. The number of ether oxygens (including phenoxy) is 1. The predicted molar refractivity (Wildman–Crippen MR) is 123 cm³/mol. The third-order valence-electron chi connectivity index (χ3n) is 4.33. The van der Waals surface area contributed by atoms with E-state index in [0.29, 0.717) is 27.3 Å². The van der Waals surface area contributed by atoms with Crippen molar-refractivity contribution in [1.82, 2.24) is 10.3 Å². The summed E-state index contributed by atoms with van der Waals surface area (Å²) < 4.78 is 5.85. The van der Waals surface area contributed by atoms with Crippen LogP contribution in [0.3, 0.4) is 0 Å². The second-order valence-electron chi connectivity index (χ2n) is 6.84. The van der Waals surface area contributed by atoms with Crippen molar-refractivity contribution in [1.29, 1.82) is 0 Å². The molecule has 3 N–H and O–H groups in total. The lowest BCUT2D eigenvalue weighted by atomic mass is 10.3. The number of anilines is 2. The Labute approximate surface area is 184 Å². The molecule has 1 aliphatic carbocycles. The Bertz CT molecular complexity index is 1050. The molecule has 30 heavy (non-hydrogen) atoms. The Morgan fingerprint density at radius 1 is 0.967 bits per heavy atom. The molecule has 0 radical (unpaired) electrons. The van der Waals surface area contributed by atoms with Crippen LogP contribution in [0.2, 0.25) is 5.02 Å². The molecule has 1 saturated carbocycles. The molecule has 1 fully saturated rings. The molecular weight excluding hydrogens is 420 g/mol. The third-order valence-corrected chi connectivity index (χ3v) is 4.78. The molecule has 152 valence electrons. The maximum atomic E-state index is 12.1. The third kappa shape index (κ3) is 5.68. The Morgan fingerprint density at radius 3 is 2.23 bits per heavy atom. The lowest BCUT2D eigenvalue weighted by Crippen LogP contribution is -2.26. The van der Waals surface area contributed by atoms with Gasteiger partial charge in [0.2, 0.25) is 0 Å². The number of hydrogen-bond donors (Lipinski definition) is 3. The van der Waals surface area contributed by atoms with Crippen molar-refractivity contribution in [2.75, 3.05) is 10.6 Å². The highest BCUT2D eigenvalue weighted by atomic mass is 35.5. The maximum absolute atomic E-state index is 12.1. The van der Waals surface area contributed by atoms with Gasteiger partial charge in [-0.05, 0) is 79.7 Å². The van der Waals surface area contributed by atoms with Crippen LogP contribution in [-0.2, 0) is 0 Å². The quantitative estimate of drug-likeness (QED) is 0.457. The lowest BCUT2D eigenvalue weighted by molar-refractivity contribution is 0.0945. The number of carbonyl (C=O) groups is 1. The van der Waals surface area contributed by atoms with Crippen LogP contribution in [0.5, 0.6) is 11.5 Å². The number of aromatic nitrogens is 1. The Balaban J connectivity index is 1.33. The molecule has 0 atom stereocenters. The highest BCUT2D eigenvalue weighted by molar-refractivity contribution is 7.80. The average molecular weight is 439 g/mol. The van der Waals surface area contributed by atoms with Crippen LogP contribution < -0.4 is 20.7 Å². The molecule has 1 heterocycles. The van der Waals surface area contributed by atoms with Gasteiger partial charge in [0.1, 0.15) is 17.2 Å². The molecule has 4 rings (SSSR count). The van der Waals surface area contributed by atoms with Crippen LogP contribution in [0.15, 0.2) is 66.9 Å². The fraction of sp³-hybridized carbons (Fsp3) is 0.136. The Hall–Kier alpha value is -3.16. The van der Waals surface area contributed by atoms with Crippen LogP contribution >= 0.6 is 23.8 Å².